The van der Waals surface area contributed by atoms with E-state index in [2.05, 4.69) is 47.3 Å². The molecule has 0 unspecified atom stereocenters. The third-order valence-electron chi connectivity index (χ3n) is 2.54. The number of rotatable bonds is 4. The molecule has 1 aromatic heterocycles. The number of aromatic nitrogens is 2. The Morgan fingerprint density at radius 3 is 2.50 bits per heavy atom. The first-order valence-electron chi connectivity index (χ1n) is 5.87. The van der Waals surface area contributed by atoms with E-state index in [1.165, 1.54) is 16.7 Å². The average molecular weight is 259 g/mol. The van der Waals surface area contributed by atoms with Gasteiger partial charge in [0.25, 0.3) is 0 Å². The monoisotopic (exact) mass is 259 g/mol. The van der Waals surface area contributed by atoms with Crippen LogP contribution < -0.4 is 5.32 Å². The lowest BCUT2D eigenvalue weighted by atomic mass is 10.1. The molecule has 0 atom stereocenters. The first-order chi connectivity index (χ1) is 8.67. The summed E-state index contributed by atoms with van der Waals surface area (Å²) in [5.74, 6) is 1.73. The van der Waals surface area contributed by atoms with Gasteiger partial charge in [0.2, 0.25) is 0 Å². The standard InChI is InChI=1S/C14H17N3S/c1-10-4-11(2)6-12(5-10)9-18-14-8-16-7-13(15-3)17-14/h4-8H,9H2,1-3H3,(H,15,17). The van der Waals surface area contributed by atoms with Crippen molar-refractivity contribution in [1.29, 1.82) is 0 Å². The maximum absolute atomic E-state index is 4.44. The lowest BCUT2D eigenvalue weighted by Crippen LogP contribution is -1.94. The second-order valence-corrected chi connectivity index (χ2v) is 5.27. The van der Waals surface area contributed by atoms with Crippen LogP contribution in [0.15, 0.2) is 35.6 Å². The fraction of sp³-hybridized carbons (Fsp3) is 0.286. The molecule has 2 aromatic rings. The van der Waals surface area contributed by atoms with Crippen LogP contribution in [-0.2, 0) is 5.75 Å². The molecule has 0 saturated carbocycles. The SMILES string of the molecule is CNc1cncc(SCc2cc(C)cc(C)c2)n1. The van der Waals surface area contributed by atoms with Gasteiger partial charge in [0.15, 0.2) is 0 Å². The number of thioether (sulfide) groups is 1. The van der Waals surface area contributed by atoms with Crippen molar-refractivity contribution in [3.05, 3.63) is 47.3 Å². The minimum atomic E-state index is 0.806. The molecule has 0 bridgehead atoms. The molecule has 0 spiro atoms. The maximum Gasteiger partial charge on any atom is 0.145 e. The highest BCUT2D eigenvalue weighted by Gasteiger charge is 2.01. The third-order valence-corrected chi connectivity index (χ3v) is 3.51. The zero-order valence-electron chi connectivity index (χ0n) is 10.9. The fourth-order valence-corrected chi connectivity index (χ4v) is 2.63. The molecule has 0 saturated heterocycles. The predicted octanol–water partition coefficient (Wildman–Crippen LogP) is 3.43. The van der Waals surface area contributed by atoms with Gasteiger partial charge in [0.1, 0.15) is 10.8 Å². The Labute approximate surface area is 112 Å². The van der Waals surface area contributed by atoms with Crippen LogP contribution in [0.2, 0.25) is 0 Å². The number of anilines is 1. The van der Waals surface area contributed by atoms with Crippen LogP contribution in [0.5, 0.6) is 0 Å². The van der Waals surface area contributed by atoms with Crippen LogP contribution in [0.25, 0.3) is 0 Å². The van der Waals surface area contributed by atoms with Crippen molar-refractivity contribution in [1.82, 2.24) is 9.97 Å². The van der Waals surface area contributed by atoms with Crippen LogP contribution in [0.3, 0.4) is 0 Å². The lowest BCUT2D eigenvalue weighted by Gasteiger charge is -2.05. The Morgan fingerprint density at radius 1 is 1.11 bits per heavy atom. The Balaban J connectivity index is 2.06. The normalized spacial score (nSPS) is 10.4. The molecule has 0 aliphatic carbocycles. The molecular weight excluding hydrogens is 242 g/mol. The van der Waals surface area contributed by atoms with Crippen molar-refractivity contribution in [2.75, 3.05) is 12.4 Å². The van der Waals surface area contributed by atoms with E-state index in [0.717, 1.165) is 16.6 Å². The molecule has 4 heteroatoms. The van der Waals surface area contributed by atoms with Gasteiger partial charge in [-0.25, -0.2) is 4.98 Å². The Bertz CT molecular complexity index is 520. The number of hydrogen-bond donors (Lipinski definition) is 1. The molecule has 0 fully saturated rings. The summed E-state index contributed by atoms with van der Waals surface area (Å²) in [6.45, 7) is 4.26. The molecule has 0 aliphatic rings. The van der Waals surface area contributed by atoms with Gasteiger partial charge in [-0.2, -0.15) is 0 Å². The van der Waals surface area contributed by atoms with Crippen molar-refractivity contribution in [2.24, 2.45) is 0 Å². The van der Waals surface area contributed by atoms with Gasteiger partial charge in [-0.05, 0) is 19.4 Å². The van der Waals surface area contributed by atoms with Crippen LogP contribution in [0.1, 0.15) is 16.7 Å². The van der Waals surface area contributed by atoms with Crippen molar-refractivity contribution in [3.8, 4) is 0 Å². The second kappa shape index (κ2) is 5.87. The van der Waals surface area contributed by atoms with E-state index in [9.17, 15) is 0 Å². The van der Waals surface area contributed by atoms with E-state index in [0.29, 0.717) is 0 Å². The first-order valence-corrected chi connectivity index (χ1v) is 6.85. The second-order valence-electron chi connectivity index (χ2n) is 4.28. The molecule has 0 radical (unpaired) electrons. The van der Waals surface area contributed by atoms with Gasteiger partial charge in [-0.15, -0.1) is 11.8 Å². The van der Waals surface area contributed by atoms with E-state index in [4.69, 9.17) is 0 Å². The van der Waals surface area contributed by atoms with Gasteiger partial charge >= 0.3 is 0 Å². The van der Waals surface area contributed by atoms with Crippen molar-refractivity contribution in [3.63, 3.8) is 0 Å². The van der Waals surface area contributed by atoms with Crippen molar-refractivity contribution in [2.45, 2.75) is 24.6 Å². The highest BCUT2D eigenvalue weighted by atomic mass is 32.2. The molecule has 94 valence electrons. The third kappa shape index (κ3) is 3.47. The minimum Gasteiger partial charge on any atom is -0.372 e. The van der Waals surface area contributed by atoms with E-state index in [-0.39, 0.29) is 0 Å². The van der Waals surface area contributed by atoms with Crippen LogP contribution in [0.4, 0.5) is 5.82 Å². The first kappa shape index (κ1) is 12.9. The summed E-state index contributed by atoms with van der Waals surface area (Å²) >= 11 is 1.71. The quantitative estimate of drug-likeness (QED) is 0.854. The Morgan fingerprint density at radius 2 is 1.83 bits per heavy atom. The number of benzene rings is 1. The fourth-order valence-electron chi connectivity index (χ4n) is 1.85. The van der Waals surface area contributed by atoms with Gasteiger partial charge in [-0.1, -0.05) is 29.3 Å². The largest absolute Gasteiger partial charge is 0.372 e. The summed E-state index contributed by atoms with van der Waals surface area (Å²) in [7, 11) is 1.85. The van der Waals surface area contributed by atoms with Crippen molar-refractivity contribution >= 4 is 17.6 Å². The smallest absolute Gasteiger partial charge is 0.145 e. The topological polar surface area (TPSA) is 37.8 Å². The Kier molecular flexibility index (Phi) is 4.20. The number of hydrogen-bond acceptors (Lipinski definition) is 4. The lowest BCUT2D eigenvalue weighted by molar-refractivity contribution is 1.05. The van der Waals surface area contributed by atoms with Gasteiger partial charge in [0, 0.05) is 12.8 Å². The minimum absolute atomic E-state index is 0.806. The van der Waals surface area contributed by atoms with Gasteiger partial charge in [-0.3, -0.25) is 4.98 Å². The van der Waals surface area contributed by atoms with Crippen LogP contribution in [0, 0.1) is 13.8 Å². The number of nitrogens with one attached hydrogen (secondary N) is 1. The summed E-state index contributed by atoms with van der Waals surface area (Å²) in [6, 6.07) is 6.63. The zero-order valence-corrected chi connectivity index (χ0v) is 11.7. The van der Waals surface area contributed by atoms with Crippen molar-refractivity contribution < 1.29 is 0 Å². The van der Waals surface area contributed by atoms with Crippen LogP contribution >= 0.6 is 11.8 Å². The highest BCUT2D eigenvalue weighted by molar-refractivity contribution is 7.98. The molecule has 2 rings (SSSR count). The molecule has 1 aromatic carbocycles. The van der Waals surface area contributed by atoms with E-state index in [1.54, 1.807) is 24.2 Å². The number of nitrogens with zero attached hydrogens (tertiary/aromatic N) is 2. The predicted molar refractivity (Wildman–Crippen MR) is 77.1 cm³/mol. The summed E-state index contributed by atoms with van der Waals surface area (Å²) in [6.07, 6.45) is 3.52. The molecule has 3 nitrogen and oxygen atoms in total. The molecule has 0 aliphatic heterocycles. The molecule has 1 N–H and O–H groups in total. The highest BCUT2D eigenvalue weighted by Crippen LogP contribution is 2.22. The summed E-state index contributed by atoms with van der Waals surface area (Å²) < 4.78 is 0. The molecule has 0 amide bonds. The summed E-state index contributed by atoms with van der Waals surface area (Å²) in [5.41, 5.74) is 3.94. The Hall–Kier alpha value is -1.55. The summed E-state index contributed by atoms with van der Waals surface area (Å²) in [4.78, 5) is 8.60. The summed E-state index contributed by atoms with van der Waals surface area (Å²) in [5, 5.41) is 3.94. The molecule has 1 heterocycles. The molecular formula is C14H17N3S. The molecule has 18 heavy (non-hydrogen) atoms. The van der Waals surface area contributed by atoms with E-state index < -0.39 is 0 Å². The maximum atomic E-state index is 4.44. The van der Waals surface area contributed by atoms with E-state index >= 15 is 0 Å². The van der Waals surface area contributed by atoms with Crippen LogP contribution in [-0.4, -0.2) is 17.0 Å². The number of aryl methyl sites for hydroxylation is 2. The van der Waals surface area contributed by atoms with Gasteiger partial charge in [0.05, 0.1) is 12.4 Å². The van der Waals surface area contributed by atoms with Gasteiger partial charge < -0.3 is 5.32 Å². The zero-order chi connectivity index (χ0) is 13.0. The average Bonchev–Trinajstić information content (AvgIpc) is 2.35. The van der Waals surface area contributed by atoms with E-state index in [1.807, 2.05) is 7.05 Å².